The Bertz CT molecular complexity index is 1080. The van der Waals surface area contributed by atoms with Crippen LogP contribution >= 0.6 is 0 Å². The lowest BCUT2D eigenvalue weighted by atomic mass is 9.76. The molecule has 4 aliphatic rings. The lowest BCUT2D eigenvalue weighted by molar-refractivity contribution is -0.139. The van der Waals surface area contributed by atoms with E-state index in [0.29, 0.717) is 46.9 Å². The van der Waals surface area contributed by atoms with E-state index >= 15 is 0 Å². The average molecular weight is 513 g/mol. The van der Waals surface area contributed by atoms with Crippen molar-refractivity contribution in [2.24, 2.45) is 11.8 Å². The van der Waals surface area contributed by atoms with Crippen molar-refractivity contribution in [2.75, 3.05) is 26.8 Å². The number of aliphatic hydroxyl groups excluding tert-OH is 2. The van der Waals surface area contributed by atoms with Crippen LogP contribution in [0.5, 0.6) is 11.5 Å². The van der Waals surface area contributed by atoms with Crippen molar-refractivity contribution in [1.82, 2.24) is 10.2 Å². The highest BCUT2D eigenvalue weighted by Crippen LogP contribution is 2.51. The molecule has 0 radical (unpaired) electrons. The Balaban J connectivity index is 1.56. The second-order valence-corrected chi connectivity index (χ2v) is 10.7. The lowest BCUT2D eigenvalue weighted by Crippen LogP contribution is -2.57. The van der Waals surface area contributed by atoms with Gasteiger partial charge in [0.05, 0.1) is 25.7 Å². The summed E-state index contributed by atoms with van der Waals surface area (Å²) in [5.74, 6) is 0.0299. The van der Waals surface area contributed by atoms with Gasteiger partial charge in [0.1, 0.15) is 18.5 Å². The Kier molecular flexibility index (Phi) is 7.53. The van der Waals surface area contributed by atoms with Gasteiger partial charge in [-0.1, -0.05) is 19.3 Å². The van der Waals surface area contributed by atoms with Crippen LogP contribution in [0.1, 0.15) is 66.8 Å². The van der Waals surface area contributed by atoms with Gasteiger partial charge in [-0.2, -0.15) is 0 Å². The van der Waals surface area contributed by atoms with Crippen molar-refractivity contribution in [2.45, 2.75) is 69.1 Å². The molecule has 1 aromatic carbocycles. The van der Waals surface area contributed by atoms with E-state index in [9.17, 15) is 24.6 Å². The van der Waals surface area contributed by atoms with Crippen LogP contribution in [-0.4, -0.2) is 78.3 Å². The van der Waals surface area contributed by atoms with Crippen LogP contribution in [0.15, 0.2) is 23.8 Å². The number of aliphatic hydroxyl groups is 2. The lowest BCUT2D eigenvalue weighted by Gasteiger charge is -2.42. The summed E-state index contributed by atoms with van der Waals surface area (Å²) in [6.07, 6.45) is 7.74. The molecule has 0 saturated heterocycles. The topological polar surface area (TPSA) is 125 Å². The fourth-order valence-electron chi connectivity index (χ4n) is 6.13. The first-order valence-corrected chi connectivity index (χ1v) is 13.4. The number of rotatable bonds is 9. The number of aldehydes is 1. The van der Waals surface area contributed by atoms with Crippen molar-refractivity contribution in [3.8, 4) is 11.5 Å². The largest absolute Gasteiger partial charge is 0.493 e. The smallest absolute Gasteiger partial charge is 0.247 e. The molecule has 2 amide bonds. The number of carbonyl (C=O) groups excluding carboxylic acids is 3. The summed E-state index contributed by atoms with van der Waals surface area (Å²) in [5, 5.41) is 23.7. The quantitative estimate of drug-likeness (QED) is 0.432. The molecule has 37 heavy (non-hydrogen) atoms. The molecule has 1 aromatic rings. The van der Waals surface area contributed by atoms with Crippen LogP contribution in [0.4, 0.5) is 0 Å². The Morgan fingerprint density at radius 1 is 1.19 bits per heavy atom. The van der Waals surface area contributed by atoms with E-state index in [4.69, 9.17) is 9.47 Å². The highest BCUT2D eigenvalue weighted by atomic mass is 16.5. The third-order valence-electron chi connectivity index (χ3n) is 8.16. The van der Waals surface area contributed by atoms with Crippen LogP contribution in [0, 0.1) is 11.8 Å². The zero-order valence-corrected chi connectivity index (χ0v) is 21.2. The Labute approximate surface area is 216 Å². The second-order valence-electron chi connectivity index (χ2n) is 10.7. The minimum absolute atomic E-state index is 0.0239. The van der Waals surface area contributed by atoms with Crippen molar-refractivity contribution in [3.63, 3.8) is 0 Å². The Hall–Kier alpha value is -2.91. The molecule has 4 atom stereocenters. The highest BCUT2D eigenvalue weighted by molar-refractivity contribution is 5.96. The first-order valence-electron chi connectivity index (χ1n) is 13.4. The molecule has 1 heterocycles. The van der Waals surface area contributed by atoms with Crippen molar-refractivity contribution in [3.05, 3.63) is 34.9 Å². The monoisotopic (exact) mass is 512 g/mol. The summed E-state index contributed by atoms with van der Waals surface area (Å²) in [4.78, 5) is 40.3. The zero-order valence-electron chi connectivity index (χ0n) is 21.2. The number of hydrogen-bond donors (Lipinski definition) is 3. The number of nitrogens with one attached hydrogen (secondary N) is 1. The number of fused-ring (bicyclic) bond motifs is 3. The molecule has 0 aromatic heterocycles. The van der Waals surface area contributed by atoms with Gasteiger partial charge in [-0.3, -0.25) is 14.4 Å². The summed E-state index contributed by atoms with van der Waals surface area (Å²) in [7, 11) is 1.47. The van der Waals surface area contributed by atoms with E-state index in [-0.39, 0.29) is 25.0 Å². The van der Waals surface area contributed by atoms with Gasteiger partial charge in [0.2, 0.25) is 11.8 Å². The van der Waals surface area contributed by atoms with Gasteiger partial charge in [-0.05, 0) is 49.8 Å². The molecule has 3 aliphatic carbocycles. The predicted molar refractivity (Wildman–Crippen MR) is 135 cm³/mol. The molecule has 4 unspecified atom stereocenters. The molecule has 9 heteroatoms. The summed E-state index contributed by atoms with van der Waals surface area (Å²) in [6.45, 7) is 0.393. The molecular formula is C28H36N2O7. The predicted octanol–water partition coefficient (Wildman–Crippen LogP) is 1.95. The third-order valence-corrected chi connectivity index (χ3v) is 8.16. The van der Waals surface area contributed by atoms with Gasteiger partial charge < -0.3 is 29.9 Å². The standard InChI is InChI=1S/C28H36N2O7/c1-36-22-12-17(15-32)11-19-23-20(27(34)29-9-10-31)13-21(24(33)26(23)37-25(19)22)30(28(35)18-7-8-18)14-16-5-3-2-4-6-16/h11-13,15-16,18,21,23-24,26,31,33H,2-10,14H2,1H3,(H,29,34). The van der Waals surface area contributed by atoms with E-state index in [1.165, 1.54) is 13.5 Å². The summed E-state index contributed by atoms with van der Waals surface area (Å²) >= 11 is 0. The maximum absolute atomic E-state index is 13.5. The van der Waals surface area contributed by atoms with Crippen LogP contribution < -0.4 is 14.8 Å². The summed E-state index contributed by atoms with van der Waals surface area (Å²) < 4.78 is 11.7. The van der Waals surface area contributed by atoms with Crippen LogP contribution in [0.2, 0.25) is 0 Å². The number of ether oxygens (including phenoxy) is 2. The maximum atomic E-state index is 13.5. The average Bonchev–Trinajstić information content (AvgIpc) is 3.70. The summed E-state index contributed by atoms with van der Waals surface area (Å²) in [6, 6.07) is 2.50. The maximum Gasteiger partial charge on any atom is 0.247 e. The molecule has 0 bridgehead atoms. The molecular weight excluding hydrogens is 476 g/mol. The first-order chi connectivity index (χ1) is 18.0. The van der Waals surface area contributed by atoms with Crippen molar-refractivity contribution < 1.29 is 34.1 Å². The van der Waals surface area contributed by atoms with Gasteiger partial charge in [-0.15, -0.1) is 0 Å². The van der Waals surface area contributed by atoms with E-state index in [2.05, 4.69) is 5.32 Å². The van der Waals surface area contributed by atoms with Gasteiger partial charge >= 0.3 is 0 Å². The minimum atomic E-state index is -1.08. The first kappa shape index (κ1) is 25.7. The third kappa shape index (κ3) is 4.99. The number of nitrogens with zero attached hydrogens (tertiary/aromatic N) is 1. The Morgan fingerprint density at radius 3 is 2.59 bits per heavy atom. The number of hydrogen-bond acceptors (Lipinski definition) is 7. The second kappa shape index (κ2) is 10.8. The minimum Gasteiger partial charge on any atom is -0.493 e. The van der Waals surface area contributed by atoms with E-state index < -0.39 is 30.1 Å². The van der Waals surface area contributed by atoms with Gasteiger partial charge in [0.25, 0.3) is 0 Å². The van der Waals surface area contributed by atoms with Crippen LogP contribution in [0.25, 0.3) is 0 Å². The molecule has 3 N–H and O–H groups in total. The zero-order chi connectivity index (χ0) is 26.1. The van der Waals surface area contributed by atoms with Crippen LogP contribution in [-0.2, 0) is 9.59 Å². The number of carbonyl (C=O) groups is 3. The molecule has 200 valence electrons. The van der Waals surface area contributed by atoms with Crippen molar-refractivity contribution in [1.29, 1.82) is 0 Å². The van der Waals surface area contributed by atoms with Crippen LogP contribution in [0.3, 0.4) is 0 Å². The Morgan fingerprint density at radius 2 is 1.95 bits per heavy atom. The SMILES string of the molecule is COc1cc(C=O)cc2c1OC1C2C(C(=O)NCCO)=CC(N(CC2CCCCC2)C(=O)C2CC2)C1O. The molecule has 0 spiro atoms. The van der Waals surface area contributed by atoms with Gasteiger partial charge in [-0.25, -0.2) is 0 Å². The molecule has 2 fully saturated rings. The number of benzene rings is 1. The summed E-state index contributed by atoms with van der Waals surface area (Å²) in [5.41, 5.74) is 1.31. The molecule has 1 aliphatic heterocycles. The van der Waals surface area contributed by atoms with E-state index in [1.54, 1.807) is 23.1 Å². The van der Waals surface area contributed by atoms with E-state index in [0.717, 1.165) is 38.5 Å². The normalized spacial score (nSPS) is 26.8. The van der Waals surface area contributed by atoms with E-state index in [1.807, 2.05) is 0 Å². The van der Waals surface area contributed by atoms with Crippen molar-refractivity contribution >= 4 is 18.1 Å². The molecule has 5 rings (SSSR count). The molecule has 9 nitrogen and oxygen atoms in total. The van der Waals surface area contributed by atoms with Gasteiger partial charge in [0, 0.05) is 35.7 Å². The number of methoxy groups -OCH3 is 1. The number of amides is 2. The fraction of sp³-hybridized carbons (Fsp3) is 0.607. The fourth-order valence-corrected chi connectivity index (χ4v) is 6.13. The molecule has 2 saturated carbocycles. The van der Waals surface area contributed by atoms with Gasteiger partial charge in [0.15, 0.2) is 11.5 Å². The highest BCUT2D eigenvalue weighted by Gasteiger charge is 2.52.